The van der Waals surface area contributed by atoms with Gasteiger partial charge in [-0.2, -0.15) is 11.8 Å². The Kier molecular flexibility index (Phi) is 7.72. The number of hydrogen-bond donors (Lipinski definition) is 0. The lowest BCUT2D eigenvalue weighted by Gasteiger charge is -2.11. The smallest absolute Gasteiger partial charge is 0.00441 e. The fraction of sp³-hybridized carbons (Fsp3) is 1.00. The van der Waals surface area contributed by atoms with Crippen LogP contribution in [-0.2, 0) is 0 Å². The monoisotopic (exact) mass is 160 g/mol. The quantitative estimate of drug-likeness (QED) is 0.571. The molecule has 62 valence electrons. The van der Waals surface area contributed by atoms with Crippen molar-refractivity contribution >= 4 is 11.8 Å². The predicted octanol–water partition coefficient (Wildman–Crippen LogP) is 3.71. The average molecular weight is 160 g/mol. The van der Waals surface area contributed by atoms with Gasteiger partial charge >= 0.3 is 0 Å². The standard InChI is InChI=1S/C9H20S/c1-4-6-8-9(10-3)7-5-2/h9H,4-8H2,1-3H3. The maximum atomic E-state index is 2.27. The summed E-state index contributed by atoms with van der Waals surface area (Å²) in [6.07, 6.45) is 9.16. The van der Waals surface area contributed by atoms with Gasteiger partial charge in [0.05, 0.1) is 0 Å². The van der Waals surface area contributed by atoms with Gasteiger partial charge in [-0.05, 0) is 19.1 Å². The number of unbranched alkanes of at least 4 members (excludes halogenated alkanes) is 1. The van der Waals surface area contributed by atoms with Crippen molar-refractivity contribution in [1.29, 1.82) is 0 Å². The highest BCUT2D eigenvalue weighted by Crippen LogP contribution is 2.18. The highest BCUT2D eigenvalue weighted by Gasteiger charge is 2.03. The van der Waals surface area contributed by atoms with Crippen molar-refractivity contribution in [3.63, 3.8) is 0 Å². The molecule has 10 heavy (non-hydrogen) atoms. The molecule has 1 unspecified atom stereocenters. The van der Waals surface area contributed by atoms with Crippen molar-refractivity contribution < 1.29 is 0 Å². The van der Waals surface area contributed by atoms with Gasteiger partial charge in [0.15, 0.2) is 0 Å². The lowest BCUT2D eigenvalue weighted by Crippen LogP contribution is -2.00. The molecule has 1 heteroatoms. The van der Waals surface area contributed by atoms with Crippen LogP contribution in [0.5, 0.6) is 0 Å². The average Bonchev–Trinajstić information content (AvgIpc) is 1.98. The maximum Gasteiger partial charge on any atom is 0.00441 e. The molecule has 0 aromatic rings. The molecule has 0 radical (unpaired) electrons. The van der Waals surface area contributed by atoms with Crippen LogP contribution in [-0.4, -0.2) is 11.5 Å². The van der Waals surface area contributed by atoms with Crippen LogP contribution in [0.4, 0.5) is 0 Å². The topological polar surface area (TPSA) is 0 Å². The van der Waals surface area contributed by atoms with Crippen LogP contribution in [0.2, 0.25) is 0 Å². The van der Waals surface area contributed by atoms with E-state index in [0.717, 1.165) is 5.25 Å². The van der Waals surface area contributed by atoms with Gasteiger partial charge in [0, 0.05) is 5.25 Å². The highest BCUT2D eigenvalue weighted by atomic mass is 32.2. The molecule has 0 heterocycles. The van der Waals surface area contributed by atoms with Crippen LogP contribution in [0.25, 0.3) is 0 Å². The van der Waals surface area contributed by atoms with Crippen LogP contribution in [0.3, 0.4) is 0 Å². The van der Waals surface area contributed by atoms with Crippen molar-refractivity contribution in [3.05, 3.63) is 0 Å². The van der Waals surface area contributed by atoms with E-state index in [9.17, 15) is 0 Å². The lowest BCUT2D eigenvalue weighted by molar-refractivity contribution is 0.640. The summed E-state index contributed by atoms with van der Waals surface area (Å²) < 4.78 is 0. The first-order valence-corrected chi connectivity index (χ1v) is 5.66. The minimum absolute atomic E-state index is 0.935. The fourth-order valence-electron chi connectivity index (χ4n) is 1.13. The first-order valence-electron chi connectivity index (χ1n) is 4.37. The fourth-order valence-corrected chi connectivity index (χ4v) is 2.01. The molecule has 0 aromatic carbocycles. The molecule has 0 N–H and O–H groups in total. The van der Waals surface area contributed by atoms with Gasteiger partial charge in [0.25, 0.3) is 0 Å². The molecular weight excluding hydrogens is 140 g/mol. The molecule has 0 aliphatic carbocycles. The largest absolute Gasteiger partial charge is 0.162 e. The first-order chi connectivity index (χ1) is 4.85. The third-order valence-corrected chi connectivity index (χ3v) is 2.96. The summed E-state index contributed by atoms with van der Waals surface area (Å²) >= 11 is 2.03. The maximum absolute atomic E-state index is 2.27. The van der Waals surface area contributed by atoms with Gasteiger partial charge in [0.2, 0.25) is 0 Å². The van der Waals surface area contributed by atoms with Crippen LogP contribution in [0.15, 0.2) is 0 Å². The van der Waals surface area contributed by atoms with Gasteiger partial charge in [-0.15, -0.1) is 0 Å². The van der Waals surface area contributed by atoms with E-state index in [4.69, 9.17) is 0 Å². The van der Waals surface area contributed by atoms with E-state index in [-0.39, 0.29) is 0 Å². The van der Waals surface area contributed by atoms with Crippen LogP contribution in [0.1, 0.15) is 46.0 Å². The Morgan fingerprint density at radius 1 is 1.10 bits per heavy atom. The van der Waals surface area contributed by atoms with Crippen LogP contribution in [0, 0.1) is 0 Å². The normalized spacial score (nSPS) is 13.5. The zero-order chi connectivity index (χ0) is 7.82. The molecule has 1 atom stereocenters. The van der Waals surface area contributed by atoms with Crippen molar-refractivity contribution in [2.75, 3.05) is 6.26 Å². The Labute approximate surface area is 69.8 Å². The summed E-state index contributed by atoms with van der Waals surface area (Å²) in [6.45, 7) is 4.54. The van der Waals surface area contributed by atoms with Gasteiger partial charge in [-0.3, -0.25) is 0 Å². The van der Waals surface area contributed by atoms with Gasteiger partial charge in [-0.25, -0.2) is 0 Å². The third kappa shape index (κ3) is 5.16. The summed E-state index contributed by atoms with van der Waals surface area (Å²) in [5.74, 6) is 0. The molecule has 0 aliphatic rings. The molecular formula is C9H20S. The molecule has 0 bridgehead atoms. The second kappa shape index (κ2) is 7.46. The Balaban J connectivity index is 3.21. The van der Waals surface area contributed by atoms with E-state index in [0.29, 0.717) is 0 Å². The Bertz CT molecular complexity index is 61.7. The van der Waals surface area contributed by atoms with Crippen LogP contribution >= 0.6 is 11.8 Å². The lowest BCUT2D eigenvalue weighted by atomic mass is 10.1. The first kappa shape index (κ1) is 10.3. The number of hydrogen-bond acceptors (Lipinski definition) is 1. The molecule has 0 saturated carbocycles. The summed E-state index contributed by atoms with van der Waals surface area (Å²) in [6, 6.07) is 0. The molecule has 0 rings (SSSR count). The van der Waals surface area contributed by atoms with Gasteiger partial charge < -0.3 is 0 Å². The van der Waals surface area contributed by atoms with Crippen LogP contribution < -0.4 is 0 Å². The molecule has 0 spiro atoms. The Morgan fingerprint density at radius 3 is 2.20 bits per heavy atom. The third-order valence-electron chi connectivity index (χ3n) is 1.82. The van der Waals surface area contributed by atoms with Gasteiger partial charge in [-0.1, -0.05) is 33.1 Å². The summed E-state index contributed by atoms with van der Waals surface area (Å²) in [5, 5.41) is 0.935. The molecule has 0 nitrogen and oxygen atoms in total. The van der Waals surface area contributed by atoms with Gasteiger partial charge in [0.1, 0.15) is 0 Å². The second-order valence-corrected chi connectivity index (χ2v) is 3.93. The molecule has 0 aliphatic heterocycles. The minimum Gasteiger partial charge on any atom is -0.162 e. The van der Waals surface area contributed by atoms with E-state index < -0.39 is 0 Å². The predicted molar refractivity (Wildman–Crippen MR) is 51.7 cm³/mol. The van der Waals surface area contributed by atoms with E-state index in [1.165, 1.54) is 32.1 Å². The highest BCUT2D eigenvalue weighted by molar-refractivity contribution is 7.99. The van der Waals surface area contributed by atoms with E-state index in [1.807, 2.05) is 11.8 Å². The minimum atomic E-state index is 0.935. The van der Waals surface area contributed by atoms with Crippen molar-refractivity contribution in [1.82, 2.24) is 0 Å². The zero-order valence-electron chi connectivity index (χ0n) is 7.52. The van der Waals surface area contributed by atoms with E-state index in [1.54, 1.807) is 0 Å². The number of rotatable bonds is 6. The number of thioether (sulfide) groups is 1. The van der Waals surface area contributed by atoms with E-state index >= 15 is 0 Å². The molecule has 0 aromatic heterocycles. The second-order valence-electron chi connectivity index (χ2n) is 2.79. The Morgan fingerprint density at radius 2 is 1.80 bits per heavy atom. The summed E-state index contributed by atoms with van der Waals surface area (Å²) in [7, 11) is 0. The molecule has 0 fully saturated rings. The van der Waals surface area contributed by atoms with Crippen molar-refractivity contribution in [2.45, 2.75) is 51.2 Å². The Hall–Kier alpha value is 0.350. The molecule has 0 amide bonds. The summed E-state index contributed by atoms with van der Waals surface area (Å²) in [4.78, 5) is 0. The zero-order valence-corrected chi connectivity index (χ0v) is 8.34. The van der Waals surface area contributed by atoms with Crippen molar-refractivity contribution in [2.24, 2.45) is 0 Å². The van der Waals surface area contributed by atoms with Crippen molar-refractivity contribution in [3.8, 4) is 0 Å². The SMILES string of the molecule is CCCCC(CCC)SC. The van der Waals surface area contributed by atoms with E-state index in [2.05, 4.69) is 20.1 Å². The molecule has 0 saturated heterocycles. The summed E-state index contributed by atoms with van der Waals surface area (Å²) in [5.41, 5.74) is 0.